The van der Waals surface area contributed by atoms with Crippen LogP contribution in [0.2, 0.25) is 0 Å². The summed E-state index contributed by atoms with van der Waals surface area (Å²) in [6, 6.07) is 3.76. The van der Waals surface area contributed by atoms with Gasteiger partial charge in [-0.15, -0.1) is 17.0 Å². The Morgan fingerprint density at radius 3 is 2.70 bits per heavy atom. The molecule has 56 valence electrons. The highest BCUT2D eigenvalue weighted by Gasteiger charge is 1.88. The van der Waals surface area contributed by atoms with Crippen LogP contribution >= 0.6 is 17.0 Å². The lowest BCUT2D eigenvalue weighted by Gasteiger charge is -1.93. The predicted octanol–water partition coefficient (Wildman–Crippen LogP) is 1.46. The molecule has 1 heterocycles. The maximum atomic E-state index is 8.60. The van der Waals surface area contributed by atoms with Gasteiger partial charge in [0.25, 0.3) is 0 Å². The summed E-state index contributed by atoms with van der Waals surface area (Å²) < 4.78 is 0. The zero-order chi connectivity index (χ0) is 6.69. The van der Waals surface area contributed by atoms with Crippen LogP contribution in [0.1, 0.15) is 11.3 Å². The highest BCUT2D eigenvalue weighted by atomic mass is 79.9. The van der Waals surface area contributed by atoms with Crippen LogP contribution < -0.4 is 0 Å². The summed E-state index contributed by atoms with van der Waals surface area (Å²) >= 11 is 0. The Morgan fingerprint density at radius 1 is 1.60 bits per heavy atom. The molecule has 3 heteroatoms. The second-order valence-electron chi connectivity index (χ2n) is 1.98. The first-order valence-electron chi connectivity index (χ1n) is 2.85. The van der Waals surface area contributed by atoms with Crippen molar-refractivity contribution in [3.8, 4) is 0 Å². The van der Waals surface area contributed by atoms with Gasteiger partial charge in [0.15, 0.2) is 0 Å². The number of aliphatic hydroxyl groups excluding tert-OH is 1. The number of pyridine rings is 1. The molecule has 1 aromatic rings. The van der Waals surface area contributed by atoms with E-state index in [0.29, 0.717) is 0 Å². The van der Waals surface area contributed by atoms with E-state index in [1.807, 2.05) is 19.1 Å². The van der Waals surface area contributed by atoms with Gasteiger partial charge in [-0.1, -0.05) is 0 Å². The number of halogens is 1. The molecule has 0 unspecified atom stereocenters. The summed E-state index contributed by atoms with van der Waals surface area (Å²) in [7, 11) is 0. The molecule has 0 radical (unpaired) electrons. The van der Waals surface area contributed by atoms with E-state index in [1.54, 1.807) is 6.20 Å². The van der Waals surface area contributed by atoms with Crippen LogP contribution in [0.25, 0.3) is 0 Å². The lowest BCUT2D eigenvalue weighted by Crippen LogP contribution is -1.87. The molecule has 0 amide bonds. The SMILES string of the molecule is Br.Cc1ccnc(CO)c1. The number of rotatable bonds is 1. The van der Waals surface area contributed by atoms with Crippen molar-refractivity contribution in [1.29, 1.82) is 0 Å². The summed E-state index contributed by atoms with van der Waals surface area (Å²) in [5, 5.41) is 8.60. The number of hydrogen-bond acceptors (Lipinski definition) is 2. The topological polar surface area (TPSA) is 33.1 Å². The lowest BCUT2D eigenvalue weighted by atomic mass is 10.2. The third kappa shape index (κ3) is 2.45. The number of nitrogens with zero attached hydrogens (tertiary/aromatic N) is 1. The zero-order valence-electron chi connectivity index (χ0n) is 5.74. The number of hydrogen-bond donors (Lipinski definition) is 1. The molecule has 0 saturated carbocycles. The first-order chi connectivity index (χ1) is 4.33. The molecule has 2 nitrogen and oxygen atoms in total. The Bertz CT molecular complexity index is 203. The van der Waals surface area contributed by atoms with Gasteiger partial charge < -0.3 is 5.11 Å². The van der Waals surface area contributed by atoms with Crippen molar-refractivity contribution in [2.45, 2.75) is 13.5 Å². The van der Waals surface area contributed by atoms with Gasteiger partial charge in [-0.05, 0) is 24.6 Å². The fraction of sp³-hybridized carbons (Fsp3) is 0.286. The Balaban J connectivity index is 0.000000810. The van der Waals surface area contributed by atoms with Crippen molar-refractivity contribution in [3.05, 3.63) is 29.6 Å². The van der Waals surface area contributed by atoms with Crippen LogP contribution in [0.15, 0.2) is 18.3 Å². The van der Waals surface area contributed by atoms with E-state index in [4.69, 9.17) is 5.11 Å². The van der Waals surface area contributed by atoms with Crippen molar-refractivity contribution in [2.75, 3.05) is 0 Å². The first-order valence-corrected chi connectivity index (χ1v) is 2.85. The molecule has 0 aliphatic carbocycles. The molecule has 10 heavy (non-hydrogen) atoms. The molecule has 0 atom stereocenters. The van der Waals surface area contributed by atoms with E-state index in [9.17, 15) is 0 Å². The molecule has 0 spiro atoms. The fourth-order valence-electron chi connectivity index (χ4n) is 0.685. The van der Waals surface area contributed by atoms with Crippen molar-refractivity contribution >= 4 is 17.0 Å². The van der Waals surface area contributed by atoms with Gasteiger partial charge in [0, 0.05) is 6.20 Å². The minimum Gasteiger partial charge on any atom is -0.390 e. The molecule has 1 rings (SSSR count). The first kappa shape index (κ1) is 9.59. The summed E-state index contributed by atoms with van der Waals surface area (Å²) in [4.78, 5) is 3.91. The molecule has 0 aromatic carbocycles. The molecule has 1 aromatic heterocycles. The molecule has 0 saturated heterocycles. The second kappa shape index (κ2) is 4.41. The summed E-state index contributed by atoms with van der Waals surface area (Å²) in [5.41, 5.74) is 1.86. The highest BCUT2D eigenvalue weighted by molar-refractivity contribution is 8.93. The lowest BCUT2D eigenvalue weighted by molar-refractivity contribution is 0.277. The average Bonchev–Trinajstić information content (AvgIpc) is 1.88. The number of aliphatic hydroxyl groups is 1. The van der Waals surface area contributed by atoms with Gasteiger partial charge in [0.2, 0.25) is 0 Å². The summed E-state index contributed by atoms with van der Waals surface area (Å²) in [6.45, 7) is 2.00. The fourth-order valence-corrected chi connectivity index (χ4v) is 0.685. The molecule has 0 bridgehead atoms. The minimum atomic E-state index is 0. The zero-order valence-corrected chi connectivity index (χ0v) is 7.45. The monoisotopic (exact) mass is 203 g/mol. The van der Waals surface area contributed by atoms with E-state index in [-0.39, 0.29) is 23.6 Å². The van der Waals surface area contributed by atoms with Gasteiger partial charge in [0.1, 0.15) is 0 Å². The maximum absolute atomic E-state index is 8.60. The van der Waals surface area contributed by atoms with Crippen LogP contribution in [-0.4, -0.2) is 10.1 Å². The molecule has 1 N–H and O–H groups in total. The Morgan fingerprint density at radius 2 is 2.30 bits per heavy atom. The molecule has 0 fully saturated rings. The predicted molar refractivity (Wildman–Crippen MR) is 45.2 cm³/mol. The van der Waals surface area contributed by atoms with E-state index in [0.717, 1.165) is 11.3 Å². The third-order valence-corrected chi connectivity index (χ3v) is 1.13. The number of aryl methyl sites for hydroxylation is 1. The van der Waals surface area contributed by atoms with Crippen molar-refractivity contribution in [3.63, 3.8) is 0 Å². The molecular weight excluding hydrogens is 194 g/mol. The molecule has 0 aliphatic heterocycles. The van der Waals surface area contributed by atoms with Crippen molar-refractivity contribution in [1.82, 2.24) is 4.98 Å². The van der Waals surface area contributed by atoms with Gasteiger partial charge in [-0.3, -0.25) is 4.98 Å². The summed E-state index contributed by atoms with van der Waals surface area (Å²) in [6.07, 6.45) is 1.70. The quantitative estimate of drug-likeness (QED) is 0.751. The van der Waals surface area contributed by atoms with Crippen LogP contribution in [0.3, 0.4) is 0 Å². The van der Waals surface area contributed by atoms with Crippen LogP contribution in [0, 0.1) is 6.92 Å². The smallest absolute Gasteiger partial charge is 0.0853 e. The maximum Gasteiger partial charge on any atom is 0.0853 e. The molecule has 0 aliphatic rings. The average molecular weight is 204 g/mol. The second-order valence-corrected chi connectivity index (χ2v) is 1.98. The Labute approximate surface area is 70.7 Å². The largest absolute Gasteiger partial charge is 0.390 e. The van der Waals surface area contributed by atoms with Crippen LogP contribution in [0.5, 0.6) is 0 Å². The third-order valence-electron chi connectivity index (χ3n) is 1.13. The highest BCUT2D eigenvalue weighted by Crippen LogP contribution is 1.98. The standard InChI is InChI=1S/C7H9NO.BrH/c1-6-2-3-8-7(4-6)5-9;/h2-4,9H,5H2,1H3;1H. The van der Waals surface area contributed by atoms with Gasteiger partial charge in [-0.2, -0.15) is 0 Å². The van der Waals surface area contributed by atoms with E-state index < -0.39 is 0 Å². The van der Waals surface area contributed by atoms with Crippen LogP contribution in [-0.2, 0) is 6.61 Å². The normalized spacial score (nSPS) is 8.60. The van der Waals surface area contributed by atoms with Crippen molar-refractivity contribution in [2.24, 2.45) is 0 Å². The Kier molecular flexibility index (Phi) is 4.23. The van der Waals surface area contributed by atoms with Gasteiger partial charge >= 0.3 is 0 Å². The summed E-state index contributed by atoms with van der Waals surface area (Å²) in [5.74, 6) is 0. The van der Waals surface area contributed by atoms with E-state index in [2.05, 4.69) is 4.98 Å². The van der Waals surface area contributed by atoms with Crippen LogP contribution in [0.4, 0.5) is 0 Å². The Hall–Kier alpha value is -0.410. The van der Waals surface area contributed by atoms with Gasteiger partial charge in [-0.25, -0.2) is 0 Å². The van der Waals surface area contributed by atoms with E-state index >= 15 is 0 Å². The molecular formula is C7H10BrNO. The van der Waals surface area contributed by atoms with Crippen molar-refractivity contribution < 1.29 is 5.11 Å². The minimum absolute atomic E-state index is 0. The van der Waals surface area contributed by atoms with E-state index in [1.165, 1.54) is 0 Å². The van der Waals surface area contributed by atoms with Gasteiger partial charge in [0.05, 0.1) is 12.3 Å². The number of aromatic nitrogens is 1.